The minimum Gasteiger partial charge on any atom is -0.468 e. The largest absolute Gasteiger partial charge is 0.468 e. The Morgan fingerprint density at radius 1 is 1.33 bits per heavy atom. The van der Waals surface area contributed by atoms with Crippen LogP contribution in [-0.2, 0) is 13.1 Å². The summed E-state index contributed by atoms with van der Waals surface area (Å²) in [6.07, 6.45) is 3.37. The summed E-state index contributed by atoms with van der Waals surface area (Å²) in [5.41, 5.74) is 2.10. The van der Waals surface area contributed by atoms with E-state index in [0.717, 1.165) is 18.0 Å². The molecule has 0 aromatic carbocycles. The van der Waals surface area contributed by atoms with E-state index in [1.165, 1.54) is 5.56 Å². The predicted molar refractivity (Wildman–Crippen MR) is 56.0 cm³/mol. The molecule has 4 heteroatoms. The van der Waals surface area contributed by atoms with Crippen LogP contribution >= 0.6 is 0 Å². The van der Waals surface area contributed by atoms with Crippen molar-refractivity contribution in [2.24, 2.45) is 0 Å². The van der Waals surface area contributed by atoms with Crippen LogP contribution in [0, 0.1) is 6.92 Å². The van der Waals surface area contributed by atoms with Gasteiger partial charge in [0.1, 0.15) is 5.76 Å². The van der Waals surface area contributed by atoms with Crippen LogP contribution in [0.3, 0.4) is 0 Å². The molecule has 0 amide bonds. The van der Waals surface area contributed by atoms with Gasteiger partial charge < -0.3 is 9.73 Å². The molecule has 2 aromatic rings. The van der Waals surface area contributed by atoms with E-state index in [4.69, 9.17) is 4.42 Å². The van der Waals surface area contributed by atoms with E-state index < -0.39 is 0 Å². The summed E-state index contributed by atoms with van der Waals surface area (Å²) in [5, 5.41) is 11.0. The van der Waals surface area contributed by atoms with E-state index in [-0.39, 0.29) is 0 Å². The van der Waals surface area contributed by atoms with E-state index in [1.807, 2.05) is 25.1 Å². The smallest absolute Gasteiger partial charge is 0.120 e. The van der Waals surface area contributed by atoms with Crippen LogP contribution in [0.15, 0.2) is 35.1 Å². The van der Waals surface area contributed by atoms with E-state index >= 15 is 0 Å². The highest BCUT2D eigenvalue weighted by Gasteiger charge is 2.00. The highest BCUT2D eigenvalue weighted by molar-refractivity contribution is 5.14. The summed E-state index contributed by atoms with van der Waals surface area (Å²) >= 11 is 0. The maximum Gasteiger partial charge on any atom is 0.120 e. The van der Waals surface area contributed by atoms with Crippen LogP contribution in [0.4, 0.5) is 0 Å². The molecule has 0 bridgehead atoms. The van der Waals surface area contributed by atoms with Gasteiger partial charge in [-0.1, -0.05) is 0 Å². The van der Waals surface area contributed by atoms with Crippen molar-refractivity contribution >= 4 is 0 Å². The molecule has 2 heterocycles. The van der Waals surface area contributed by atoms with Gasteiger partial charge in [-0.3, -0.25) is 0 Å². The Morgan fingerprint density at radius 3 is 2.93 bits per heavy atom. The first-order chi connectivity index (χ1) is 7.36. The van der Waals surface area contributed by atoms with Crippen molar-refractivity contribution < 1.29 is 4.42 Å². The second-order valence-corrected chi connectivity index (χ2v) is 3.35. The third-order valence-electron chi connectivity index (χ3n) is 2.19. The third-order valence-corrected chi connectivity index (χ3v) is 2.19. The Labute approximate surface area is 88.3 Å². The van der Waals surface area contributed by atoms with E-state index in [1.54, 1.807) is 12.5 Å². The second kappa shape index (κ2) is 4.70. The molecule has 15 heavy (non-hydrogen) atoms. The maximum atomic E-state index is 5.30. The van der Waals surface area contributed by atoms with Gasteiger partial charge in [-0.25, -0.2) is 0 Å². The van der Waals surface area contributed by atoms with Crippen LogP contribution in [0.2, 0.25) is 0 Å². The number of nitrogens with one attached hydrogen (secondary N) is 1. The van der Waals surface area contributed by atoms with Crippen molar-refractivity contribution in [2.75, 3.05) is 0 Å². The third kappa shape index (κ3) is 2.63. The lowest BCUT2D eigenvalue weighted by atomic mass is 10.3. The van der Waals surface area contributed by atoms with Crippen molar-refractivity contribution in [1.82, 2.24) is 15.5 Å². The number of nitrogens with zero attached hydrogens (tertiary/aromatic N) is 2. The average molecular weight is 203 g/mol. The number of furan rings is 1. The van der Waals surface area contributed by atoms with Gasteiger partial charge in [0.25, 0.3) is 0 Å². The number of hydrogen-bond donors (Lipinski definition) is 1. The summed E-state index contributed by atoms with van der Waals surface area (Å²) in [6, 6.07) is 5.77. The molecule has 0 aliphatic carbocycles. The highest BCUT2D eigenvalue weighted by Crippen LogP contribution is 2.07. The molecular weight excluding hydrogens is 190 g/mol. The Morgan fingerprint density at radius 2 is 2.27 bits per heavy atom. The molecule has 0 atom stereocenters. The molecule has 0 unspecified atom stereocenters. The minimum atomic E-state index is 0.702. The summed E-state index contributed by atoms with van der Waals surface area (Å²) < 4.78 is 5.30. The summed E-state index contributed by atoms with van der Waals surface area (Å²) in [7, 11) is 0. The molecule has 2 rings (SSSR count). The Bertz CT molecular complexity index is 411. The zero-order valence-electron chi connectivity index (χ0n) is 8.60. The molecule has 78 valence electrons. The van der Waals surface area contributed by atoms with Crippen molar-refractivity contribution in [2.45, 2.75) is 20.0 Å². The molecule has 0 saturated carbocycles. The standard InChI is InChI=1S/C11H13N3O/c1-9-4-6-15-11(9)8-12-7-10-3-2-5-13-14-10/h2-6,12H,7-8H2,1H3. The topological polar surface area (TPSA) is 51.0 Å². The fourth-order valence-corrected chi connectivity index (χ4v) is 1.32. The van der Waals surface area contributed by atoms with Gasteiger partial charge in [0.05, 0.1) is 18.5 Å². The van der Waals surface area contributed by atoms with Crippen LogP contribution in [-0.4, -0.2) is 10.2 Å². The maximum absolute atomic E-state index is 5.30. The molecule has 2 aromatic heterocycles. The molecular formula is C11H13N3O. The molecule has 1 N–H and O–H groups in total. The fraction of sp³-hybridized carbons (Fsp3) is 0.273. The predicted octanol–water partition coefficient (Wildman–Crippen LogP) is 1.67. The van der Waals surface area contributed by atoms with Crippen molar-refractivity contribution in [1.29, 1.82) is 0 Å². The Hall–Kier alpha value is -1.68. The van der Waals surface area contributed by atoms with Gasteiger partial charge in [-0.05, 0) is 30.7 Å². The van der Waals surface area contributed by atoms with Gasteiger partial charge in [0, 0.05) is 12.7 Å². The molecule has 0 saturated heterocycles. The number of hydrogen-bond acceptors (Lipinski definition) is 4. The zero-order valence-corrected chi connectivity index (χ0v) is 8.60. The molecule has 0 aliphatic rings. The van der Waals surface area contributed by atoms with Crippen molar-refractivity contribution in [3.05, 3.63) is 47.7 Å². The summed E-state index contributed by atoms with van der Waals surface area (Å²) in [5.74, 6) is 0.971. The van der Waals surface area contributed by atoms with Crippen molar-refractivity contribution in [3.63, 3.8) is 0 Å². The lowest BCUT2D eigenvalue weighted by molar-refractivity contribution is 0.478. The summed E-state index contributed by atoms with van der Waals surface area (Å²) in [4.78, 5) is 0. The van der Waals surface area contributed by atoms with Gasteiger partial charge in [-0.15, -0.1) is 0 Å². The minimum absolute atomic E-state index is 0.702. The second-order valence-electron chi connectivity index (χ2n) is 3.35. The first kappa shape index (κ1) is 9.86. The number of aryl methyl sites for hydroxylation is 1. The molecule has 0 fully saturated rings. The Kier molecular flexibility index (Phi) is 3.09. The first-order valence-corrected chi connectivity index (χ1v) is 4.86. The highest BCUT2D eigenvalue weighted by atomic mass is 16.3. The number of rotatable bonds is 4. The zero-order chi connectivity index (χ0) is 10.5. The lowest BCUT2D eigenvalue weighted by Crippen LogP contribution is -2.13. The molecule has 0 radical (unpaired) electrons. The normalized spacial score (nSPS) is 10.5. The van der Waals surface area contributed by atoms with Gasteiger partial charge in [-0.2, -0.15) is 10.2 Å². The quantitative estimate of drug-likeness (QED) is 0.821. The van der Waals surface area contributed by atoms with E-state index in [0.29, 0.717) is 6.54 Å². The number of aromatic nitrogens is 2. The van der Waals surface area contributed by atoms with Gasteiger partial charge in [0.2, 0.25) is 0 Å². The van der Waals surface area contributed by atoms with Gasteiger partial charge >= 0.3 is 0 Å². The fourth-order valence-electron chi connectivity index (χ4n) is 1.32. The van der Waals surface area contributed by atoms with Crippen LogP contribution in [0.1, 0.15) is 17.0 Å². The van der Waals surface area contributed by atoms with Crippen LogP contribution in [0.5, 0.6) is 0 Å². The first-order valence-electron chi connectivity index (χ1n) is 4.86. The van der Waals surface area contributed by atoms with Crippen LogP contribution in [0.25, 0.3) is 0 Å². The average Bonchev–Trinajstić information content (AvgIpc) is 2.66. The molecule has 0 spiro atoms. The van der Waals surface area contributed by atoms with E-state index in [2.05, 4.69) is 15.5 Å². The van der Waals surface area contributed by atoms with Gasteiger partial charge in [0.15, 0.2) is 0 Å². The van der Waals surface area contributed by atoms with Crippen molar-refractivity contribution in [3.8, 4) is 0 Å². The molecule has 0 aliphatic heterocycles. The van der Waals surface area contributed by atoms with E-state index in [9.17, 15) is 0 Å². The summed E-state index contributed by atoms with van der Waals surface area (Å²) in [6.45, 7) is 3.45. The monoisotopic (exact) mass is 203 g/mol. The Balaban J connectivity index is 1.83. The van der Waals surface area contributed by atoms with Crippen LogP contribution < -0.4 is 5.32 Å². The molecule has 4 nitrogen and oxygen atoms in total. The SMILES string of the molecule is Cc1ccoc1CNCc1cccnn1. The lowest BCUT2D eigenvalue weighted by Gasteiger charge is -2.01.